The number of morpholine rings is 1. The monoisotopic (exact) mass is 765 g/mol. The van der Waals surface area contributed by atoms with Crippen molar-refractivity contribution >= 4 is 33.9 Å². The first-order chi connectivity index (χ1) is 25.9. The van der Waals surface area contributed by atoms with Crippen LogP contribution in [0.1, 0.15) is 43.4 Å². The van der Waals surface area contributed by atoms with Gasteiger partial charge < -0.3 is 26.0 Å². The Labute approximate surface area is 317 Å². The minimum atomic E-state index is -5.04. The summed E-state index contributed by atoms with van der Waals surface area (Å²) in [6.07, 6.45) is 0.887. The second kappa shape index (κ2) is 21.3. The summed E-state index contributed by atoms with van der Waals surface area (Å²) in [6, 6.07) is 23.8. The molecule has 4 rings (SSSR count). The van der Waals surface area contributed by atoms with Crippen LogP contribution in [0.25, 0.3) is 0 Å². The Morgan fingerprint density at radius 1 is 0.704 bits per heavy atom. The fraction of sp³-hybridized carbons (Fsp3) is 0.450. The number of ether oxygens (including phenoxy) is 1. The van der Waals surface area contributed by atoms with E-state index in [2.05, 4.69) is 21.3 Å². The van der Waals surface area contributed by atoms with Crippen LogP contribution >= 0.6 is 0 Å². The number of hydrogen-bond acceptors (Lipinski definition) is 8. The summed E-state index contributed by atoms with van der Waals surface area (Å²) in [5, 5.41) is 9.47. The summed E-state index contributed by atoms with van der Waals surface area (Å²) < 4.78 is 43.9. The molecule has 14 heteroatoms. The normalized spacial score (nSPS) is 15.7. The highest BCUT2D eigenvalue weighted by Gasteiger charge is 2.32. The van der Waals surface area contributed by atoms with Gasteiger partial charge in [-0.15, -0.1) is 3.89 Å². The number of nitrogens with zero attached hydrogens (tertiary/aromatic N) is 1. The third-order valence-electron chi connectivity index (χ3n) is 9.15. The van der Waals surface area contributed by atoms with E-state index in [0.717, 1.165) is 5.56 Å². The highest BCUT2D eigenvalue weighted by atomic mass is 32.3. The number of nitrogens with one attached hydrogen (secondary N) is 4. The third kappa shape index (κ3) is 14.6. The van der Waals surface area contributed by atoms with Crippen LogP contribution < -0.4 is 21.3 Å². The highest BCUT2D eigenvalue weighted by Crippen LogP contribution is 2.14. The highest BCUT2D eigenvalue weighted by molar-refractivity contribution is 7.87. The van der Waals surface area contributed by atoms with Crippen LogP contribution in [0, 0.1) is 5.92 Å². The molecule has 0 bridgehead atoms. The number of benzene rings is 3. The molecule has 1 aliphatic rings. The van der Waals surface area contributed by atoms with Crippen molar-refractivity contribution in [3.63, 3.8) is 0 Å². The van der Waals surface area contributed by atoms with Crippen molar-refractivity contribution in [2.75, 3.05) is 39.4 Å². The number of hydrogen-bond donors (Lipinski definition) is 4. The van der Waals surface area contributed by atoms with Gasteiger partial charge in [-0.2, -0.15) is 8.42 Å². The number of carbonyl (C=O) groups excluding carboxylic acids is 4. The van der Waals surface area contributed by atoms with Gasteiger partial charge in [-0.1, -0.05) is 105 Å². The lowest BCUT2D eigenvalue weighted by molar-refractivity contribution is -0.134. The molecular weight excluding hydrogens is 714 g/mol. The maximum Gasteiger partial charge on any atom is 0.307 e. The van der Waals surface area contributed by atoms with Crippen molar-refractivity contribution in [2.45, 2.75) is 69.3 Å². The van der Waals surface area contributed by atoms with Gasteiger partial charge in [0, 0.05) is 26.1 Å². The van der Waals surface area contributed by atoms with Gasteiger partial charge in [-0.05, 0) is 48.3 Å². The number of halogens is 1. The zero-order chi connectivity index (χ0) is 38.9. The molecule has 1 heterocycles. The third-order valence-corrected chi connectivity index (χ3v) is 10.3. The molecule has 0 spiro atoms. The standard InChI is InChI=1S/C40H52FN5O7S/c1-29(2)24-35(44-39(49)34(19-18-30-12-6-3-7-13-30)43-37(47)28-46-20-22-53-23-21-46)40(50)45-36(26-32-16-10-5-11-17-32)38(48)42-27-33(54(41,51)52)25-31-14-8-4-9-15-31/h3-17,29,33-36H,18-28H2,1-2H3,(H,42,48)(H,43,47)(H,44,49)(H,45,50)/t33-,34-,35-,36-/m0/s1. The van der Waals surface area contributed by atoms with E-state index in [1.165, 1.54) is 0 Å². The maximum absolute atomic E-state index is 14.4. The zero-order valence-electron chi connectivity index (χ0n) is 30.9. The molecule has 4 atom stereocenters. The van der Waals surface area contributed by atoms with Crippen LogP contribution in [0.3, 0.4) is 0 Å². The number of amides is 4. The number of carbonyl (C=O) groups is 4. The largest absolute Gasteiger partial charge is 0.379 e. The van der Waals surface area contributed by atoms with Gasteiger partial charge in [0.15, 0.2) is 0 Å². The average Bonchev–Trinajstić information content (AvgIpc) is 3.15. The lowest BCUT2D eigenvalue weighted by Crippen LogP contribution is -2.58. The Morgan fingerprint density at radius 3 is 1.78 bits per heavy atom. The Bertz CT molecular complexity index is 1740. The van der Waals surface area contributed by atoms with Crippen molar-refractivity contribution in [3.8, 4) is 0 Å². The molecule has 3 aromatic carbocycles. The van der Waals surface area contributed by atoms with Crippen LogP contribution in [0.15, 0.2) is 91.0 Å². The smallest absolute Gasteiger partial charge is 0.307 e. The van der Waals surface area contributed by atoms with Gasteiger partial charge >= 0.3 is 10.2 Å². The summed E-state index contributed by atoms with van der Waals surface area (Å²) in [5.74, 6) is -2.25. The second-order valence-corrected chi connectivity index (χ2v) is 15.6. The summed E-state index contributed by atoms with van der Waals surface area (Å²) in [4.78, 5) is 56.6. The summed E-state index contributed by atoms with van der Waals surface area (Å²) >= 11 is 0. The second-order valence-electron chi connectivity index (χ2n) is 14.0. The van der Waals surface area contributed by atoms with Crippen LogP contribution in [-0.2, 0) is 53.4 Å². The predicted molar refractivity (Wildman–Crippen MR) is 204 cm³/mol. The molecule has 0 aliphatic carbocycles. The lowest BCUT2D eigenvalue weighted by atomic mass is 9.99. The number of rotatable bonds is 20. The molecule has 1 saturated heterocycles. The molecule has 1 fully saturated rings. The van der Waals surface area contributed by atoms with Crippen LogP contribution in [-0.4, -0.2) is 99.7 Å². The van der Waals surface area contributed by atoms with E-state index in [4.69, 9.17) is 4.74 Å². The first-order valence-electron chi connectivity index (χ1n) is 18.4. The van der Waals surface area contributed by atoms with Gasteiger partial charge in [0.05, 0.1) is 19.8 Å². The Kier molecular flexibility index (Phi) is 16.6. The van der Waals surface area contributed by atoms with Gasteiger partial charge in [0.2, 0.25) is 23.6 Å². The molecule has 0 saturated carbocycles. The molecule has 0 aromatic heterocycles. The van der Waals surface area contributed by atoms with E-state index in [-0.39, 0.29) is 44.1 Å². The van der Waals surface area contributed by atoms with Crippen molar-refractivity contribution in [1.29, 1.82) is 0 Å². The average molecular weight is 766 g/mol. The molecule has 0 unspecified atom stereocenters. The quantitative estimate of drug-likeness (QED) is 0.128. The Balaban J connectivity index is 1.49. The van der Waals surface area contributed by atoms with E-state index < -0.39 is 57.9 Å². The first kappa shape index (κ1) is 42.1. The van der Waals surface area contributed by atoms with Crippen molar-refractivity contribution in [2.24, 2.45) is 5.92 Å². The van der Waals surface area contributed by atoms with Gasteiger partial charge in [-0.3, -0.25) is 24.1 Å². The van der Waals surface area contributed by atoms with Gasteiger partial charge in [0.25, 0.3) is 0 Å². The molecule has 0 radical (unpaired) electrons. The van der Waals surface area contributed by atoms with Crippen LogP contribution in [0.4, 0.5) is 3.89 Å². The van der Waals surface area contributed by atoms with E-state index >= 15 is 0 Å². The molecule has 4 N–H and O–H groups in total. The summed E-state index contributed by atoms with van der Waals surface area (Å²) in [5.41, 5.74) is 2.28. The molecule has 4 amide bonds. The zero-order valence-corrected chi connectivity index (χ0v) is 31.7. The van der Waals surface area contributed by atoms with Gasteiger partial charge in [0.1, 0.15) is 23.4 Å². The lowest BCUT2D eigenvalue weighted by Gasteiger charge is -2.28. The van der Waals surface area contributed by atoms with Crippen molar-refractivity contribution < 1.29 is 36.2 Å². The first-order valence-corrected chi connectivity index (χ1v) is 19.8. The summed E-state index contributed by atoms with van der Waals surface area (Å²) in [6.45, 7) is 5.59. The van der Waals surface area contributed by atoms with Crippen molar-refractivity contribution in [3.05, 3.63) is 108 Å². The molecule has 1 aliphatic heterocycles. The minimum Gasteiger partial charge on any atom is -0.379 e. The Hall–Kier alpha value is -4.66. The molecule has 292 valence electrons. The van der Waals surface area contributed by atoms with E-state index in [1.54, 1.807) is 60.7 Å². The van der Waals surface area contributed by atoms with Crippen LogP contribution in [0.2, 0.25) is 0 Å². The van der Waals surface area contributed by atoms with Crippen LogP contribution in [0.5, 0.6) is 0 Å². The van der Waals surface area contributed by atoms with E-state index in [9.17, 15) is 31.5 Å². The SMILES string of the molecule is CC(C)C[C@H](NC(=O)[C@H](CCc1ccccc1)NC(=O)CN1CCOCC1)C(=O)N[C@@H](Cc1ccccc1)C(=O)NC[C@H](Cc1ccccc1)S(=O)(=O)F. The van der Waals surface area contributed by atoms with E-state index in [0.29, 0.717) is 43.9 Å². The molecule has 12 nitrogen and oxygen atoms in total. The maximum atomic E-state index is 14.4. The molecule has 54 heavy (non-hydrogen) atoms. The minimum absolute atomic E-state index is 0.0454. The van der Waals surface area contributed by atoms with Gasteiger partial charge in [-0.25, -0.2) is 0 Å². The molecular formula is C40H52FN5O7S. The fourth-order valence-corrected chi connectivity index (χ4v) is 6.89. The van der Waals surface area contributed by atoms with Crippen molar-refractivity contribution in [1.82, 2.24) is 26.2 Å². The van der Waals surface area contributed by atoms with E-state index in [1.807, 2.05) is 49.1 Å². The Morgan fingerprint density at radius 2 is 1.22 bits per heavy atom. The topological polar surface area (TPSA) is 163 Å². The number of aryl methyl sites for hydroxylation is 1. The predicted octanol–water partition coefficient (Wildman–Crippen LogP) is 2.72. The fourth-order valence-electron chi connectivity index (χ4n) is 6.22. The summed E-state index contributed by atoms with van der Waals surface area (Å²) in [7, 11) is -5.04. The molecule has 3 aromatic rings.